The molecule has 1 fully saturated rings. The van der Waals surface area contributed by atoms with Crippen LogP contribution in [0.4, 0.5) is 13.2 Å². The maximum atomic E-state index is 12.8. The summed E-state index contributed by atoms with van der Waals surface area (Å²) in [4.78, 5) is 2.31. The van der Waals surface area contributed by atoms with Gasteiger partial charge in [0.1, 0.15) is 0 Å². The smallest absolute Gasteiger partial charge is 0.309 e. The second-order valence-corrected chi connectivity index (χ2v) is 5.24. The minimum Gasteiger partial charge on any atom is -0.309 e. The Labute approximate surface area is 118 Å². The number of nitrogens with zero attached hydrogens (tertiary/aromatic N) is 1. The van der Waals surface area contributed by atoms with Crippen molar-refractivity contribution in [1.82, 2.24) is 10.2 Å². The molecule has 2 nitrogen and oxygen atoms in total. The van der Waals surface area contributed by atoms with Gasteiger partial charge in [-0.05, 0) is 50.2 Å². The summed E-state index contributed by atoms with van der Waals surface area (Å²) in [6.07, 6.45) is -1.91. The molecule has 1 saturated heterocycles. The van der Waals surface area contributed by atoms with Crippen molar-refractivity contribution in [2.24, 2.45) is 0 Å². The van der Waals surface area contributed by atoms with Gasteiger partial charge in [-0.3, -0.25) is 0 Å². The number of likely N-dealkylation sites (tertiary alicyclic amines) is 1. The van der Waals surface area contributed by atoms with Crippen molar-refractivity contribution in [3.63, 3.8) is 0 Å². The molecule has 2 rings (SSSR count). The highest BCUT2D eigenvalue weighted by Crippen LogP contribution is 2.31. The van der Waals surface area contributed by atoms with E-state index < -0.39 is 11.7 Å². The molecule has 1 aliphatic rings. The van der Waals surface area contributed by atoms with Crippen LogP contribution in [0.3, 0.4) is 0 Å². The fourth-order valence-corrected chi connectivity index (χ4v) is 2.69. The van der Waals surface area contributed by atoms with Crippen molar-refractivity contribution in [2.75, 3.05) is 26.2 Å². The standard InChI is InChI=1S/C15H21F3N2/c1-2-19-14(11-20-8-3-4-9-20)12-6-5-7-13(10-12)15(16,17)18/h5-7,10,14,19H,2-4,8-9,11H2,1H3. The molecular weight excluding hydrogens is 265 g/mol. The molecule has 1 unspecified atom stereocenters. The number of benzene rings is 1. The molecule has 1 aromatic rings. The van der Waals surface area contributed by atoms with E-state index in [0.717, 1.165) is 32.2 Å². The van der Waals surface area contributed by atoms with Gasteiger partial charge in [0.15, 0.2) is 0 Å². The number of alkyl halides is 3. The Morgan fingerprint density at radius 2 is 1.95 bits per heavy atom. The van der Waals surface area contributed by atoms with Gasteiger partial charge in [0, 0.05) is 12.6 Å². The van der Waals surface area contributed by atoms with E-state index in [4.69, 9.17) is 0 Å². The maximum Gasteiger partial charge on any atom is 0.416 e. The van der Waals surface area contributed by atoms with Crippen LogP contribution < -0.4 is 5.32 Å². The predicted molar refractivity (Wildman–Crippen MR) is 73.5 cm³/mol. The van der Waals surface area contributed by atoms with Gasteiger partial charge in [-0.1, -0.05) is 19.1 Å². The summed E-state index contributed by atoms with van der Waals surface area (Å²) in [6.45, 7) is 5.58. The summed E-state index contributed by atoms with van der Waals surface area (Å²) in [6, 6.07) is 5.62. The lowest BCUT2D eigenvalue weighted by molar-refractivity contribution is -0.137. The average Bonchev–Trinajstić information content (AvgIpc) is 2.90. The summed E-state index contributed by atoms with van der Waals surface area (Å²) in [7, 11) is 0. The highest BCUT2D eigenvalue weighted by Gasteiger charge is 2.31. The first-order valence-electron chi connectivity index (χ1n) is 7.13. The van der Waals surface area contributed by atoms with E-state index in [2.05, 4.69) is 10.2 Å². The summed E-state index contributed by atoms with van der Waals surface area (Å²) in [5, 5.41) is 3.30. The Bertz CT molecular complexity index is 425. The number of likely N-dealkylation sites (N-methyl/N-ethyl adjacent to an activating group) is 1. The van der Waals surface area contributed by atoms with Gasteiger partial charge in [-0.2, -0.15) is 13.2 Å². The molecule has 1 aromatic carbocycles. The van der Waals surface area contributed by atoms with Crippen LogP contribution in [0.25, 0.3) is 0 Å². The Kier molecular flexibility index (Phi) is 5.05. The molecule has 112 valence electrons. The minimum atomic E-state index is -4.28. The topological polar surface area (TPSA) is 15.3 Å². The summed E-state index contributed by atoms with van der Waals surface area (Å²) in [5.41, 5.74) is 0.146. The molecule has 0 radical (unpaired) electrons. The average molecular weight is 286 g/mol. The lowest BCUT2D eigenvalue weighted by atomic mass is 10.0. The number of hydrogen-bond donors (Lipinski definition) is 1. The number of hydrogen-bond acceptors (Lipinski definition) is 2. The zero-order valence-electron chi connectivity index (χ0n) is 11.7. The fraction of sp³-hybridized carbons (Fsp3) is 0.600. The SMILES string of the molecule is CCNC(CN1CCCC1)c1cccc(C(F)(F)F)c1. The van der Waals surface area contributed by atoms with Crippen molar-refractivity contribution in [2.45, 2.75) is 32.0 Å². The van der Waals surface area contributed by atoms with Crippen LogP contribution in [0.1, 0.15) is 36.9 Å². The van der Waals surface area contributed by atoms with E-state index in [0.29, 0.717) is 5.56 Å². The molecule has 0 spiro atoms. The van der Waals surface area contributed by atoms with Crippen LogP contribution in [-0.2, 0) is 6.18 Å². The maximum absolute atomic E-state index is 12.8. The second-order valence-electron chi connectivity index (χ2n) is 5.24. The summed E-state index contributed by atoms with van der Waals surface area (Å²) < 4.78 is 38.4. The lowest BCUT2D eigenvalue weighted by Crippen LogP contribution is -2.33. The van der Waals surface area contributed by atoms with Crippen LogP contribution in [0.15, 0.2) is 24.3 Å². The second kappa shape index (κ2) is 6.59. The third kappa shape index (κ3) is 3.96. The molecule has 1 N–H and O–H groups in total. The van der Waals surface area contributed by atoms with Crippen molar-refractivity contribution in [3.05, 3.63) is 35.4 Å². The van der Waals surface area contributed by atoms with Crippen molar-refractivity contribution < 1.29 is 13.2 Å². The van der Waals surface area contributed by atoms with Gasteiger partial charge in [-0.25, -0.2) is 0 Å². The van der Waals surface area contributed by atoms with Gasteiger partial charge in [0.25, 0.3) is 0 Å². The van der Waals surface area contributed by atoms with Gasteiger partial charge < -0.3 is 10.2 Å². The quantitative estimate of drug-likeness (QED) is 0.892. The predicted octanol–water partition coefficient (Wildman–Crippen LogP) is 3.45. The minimum absolute atomic E-state index is 0.0413. The Hall–Kier alpha value is -1.07. The lowest BCUT2D eigenvalue weighted by Gasteiger charge is -2.25. The number of halogens is 3. The van der Waals surface area contributed by atoms with Crippen molar-refractivity contribution in [3.8, 4) is 0 Å². The van der Waals surface area contributed by atoms with E-state index in [-0.39, 0.29) is 6.04 Å². The number of rotatable bonds is 5. The van der Waals surface area contributed by atoms with E-state index in [1.54, 1.807) is 6.07 Å². The third-order valence-corrected chi connectivity index (χ3v) is 3.71. The highest BCUT2D eigenvalue weighted by atomic mass is 19.4. The molecule has 0 bridgehead atoms. The zero-order valence-corrected chi connectivity index (χ0v) is 11.7. The van der Waals surface area contributed by atoms with Gasteiger partial charge >= 0.3 is 6.18 Å². The van der Waals surface area contributed by atoms with Crippen LogP contribution in [0, 0.1) is 0 Å². The molecule has 5 heteroatoms. The van der Waals surface area contributed by atoms with Gasteiger partial charge in [0.05, 0.1) is 5.56 Å². The first-order valence-corrected chi connectivity index (χ1v) is 7.13. The zero-order chi connectivity index (χ0) is 14.6. The Morgan fingerprint density at radius 1 is 1.25 bits per heavy atom. The molecule has 1 atom stereocenters. The monoisotopic (exact) mass is 286 g/mol. The number of nitrogens with one attached hydrogen (secondary N) is 1. The van der Waals surface area contributed by atoms with Crippen LogP contribution in [0.5, 0.6) is 0 Å². The normalized spacial score (nSPS) is 18.4. The molecule has 1 aliphatic heterocycles. The summed E-state index contributed by atoms with van der Waals surface area (Å²) in [5.74, 6) is 0. The molecule has 0 saturated carbocycles. The van der Waals surface area contributed by atoms with Crippen LogP contribution in [0.2, 0.25) is 0 Å². The van der Waals surface area contributed by atoms with E-state index in [1.807, 2.05) is 6.92 Å². The van der Waals surface area contributed by atoms with Crippen LogP contribution >= 0.6 is 0 Å². The van der Waals surface area contributed by atoms with E-state index in [9.17, 15) is 13.2 Å². The first-order chi connectivity index (χ1) is 9.50. The Balaban J connectivity index is 2.15. The highest BCUT2D eigenvalue weighted by molar-refractivity contribution is 5.28. The van der Waals surface area contributed by atoms with Crippen molar-refractivity contribution >= 4 is 0 Å². The third-order valence-electron chi connectivity index (χ3n) is 3.71. The molecular formula is C15H21F3N2. The fourth-order valence-electron chi connectivity index (χ4n) is 2.69. The first kappa shape index (κ1) is 15.3. The Morgan fingerprint density at radius 3 is 2.55 bits per heavy atom. The van der Waals surface area contributed by atoms with E-state index >= 15 is 0 Å². The van der Waals surface area contributed by atoms with Gasteiger partial charge in [-0.15, -0.1) is 0 Å². The molecule has 1 heterocycles. The molecule has 0 amide bonds. The molecule has 0 aromatic heterocycles. The van der Waals surface area contributed by atoms with Gasteiger partial charge in [0.2, 0.25) is 0 Å². The largest absolute Gasteiger partial charge is 0.416 e. The summed E-state index contributed by atoms with van der Waals surface area (Å²) >= 11 is 0. The molecule has 20 heavy (non-hydrogen) atoms. The van der Waals surface area contributed by atoms with Crippen molar-refractivity contribution in [1.29, 1.82) is 0 Å². The van der Waals surface area contributed by atoms with E-state index in [1.165, 1.54) is 25.0 Å². The molecule has 0 aliphatic carbocycles. The van der Waals surface area contributed by atoms with Crippen LogP contribution in [-0.4, -0.2) is 31.1 Å².